The zero-order valence-corrected chi connectivity index (χ0v) is 13.4. The fourth-order valence-electron chi connectivity index (χ4n) is 4.02. The molecule has 2 fully saturated rings. The Morgan fingerprint density at radius 3 is 2.53 bits per heavy atom. The van der Waals surface area contributed by atoms with E-state index in [1.165, 1.54) is 35.7 Å². The minimum Gasteiger partial charge on any atom is -0.317 e. The Labute approximate surface area is 124 Å². The van der Waals surface area contributed by atoms with Crippen LogP contribution >= 0.6 is 15.9 Å². The molecule has 0 radical (unpaired) electrons. The van der Waals surface area contributed by atoms with E-state index in [0.717, 1.165) is 18.1 Å². The standard InChI is InChI=1S/C16H23BrN2/c1-11(12-4-3-5-13(17)8-12)19-15-6-7-16(19)10-14(9-15)18-2/h3-5,8,11,14-16,18H,6-7,9-10H2,1-2H3. The Hall–Kier alpha value is -0.380. The lowest BCUT2D eigenvalue weighted by atomic mass is 9.94. The fourth-order valence-corrected chi connectivity index (χ4v) is 4.44. The average molecular weight is 323 g/mol. The van der Waals surface area contributed by atoms with Crippen molar-refractivity contribution in [2.75, 3.05) is 7.05 Å². The summed E-state index contributed by atoms with van der Waals surface area (Å²) < 4.78 is 1.19. The van der Waals surface area contributed by atoms with Crippen molar-refractivity contribution in [1.29, 1.82) is 0 Å². The Morgan fingerprint density at radius 2 is 1.95 bits per heavy atom. The molecule has 104 valence electrons. The van der Waals surface area contributed by atoms with Gasteiger partial charge in [0.25, 0.3) is 0 Å². The van der Waals surface area contributed by atoms with Crippen LogP contribution in [0.2, 0.25) is 0 Å². The summed E-state index contributed by atoms with van der Waals surface area (Å²) in [6.07, 6.45) is 5.37. The summed E-state index contributed by atoms with van der Waals surface area (Å²) in [4.78, 5) is 2.77. The highest BCUT2D eigenvalue weighted by Crippen LogP contribution is 2.41. The van der Waals surface area contributed by atoms with Crippen LogP contribution < -0.4 is 5.32 Å². The monoisotopic (exact) mass is 322 g/mol. The summed E-state index contributed by atoms with van der Waals surface area (Å²) in [6, 6.07) is 11.6. The number of rotatable bonds is 3. The lowest BCUT2D eigenvalue weighted by Crippen LogP contribution is -2.49. The van der Waals surface area contributed by atoms with Crippen LogP contribution in [-0.4, -0.2) is 30.1 Å². The van der Waals surface area contributed by atoms with Crippen molar-refractivity contribution in [1.82, 2.24) is 10.2 Å². The number of hydrogen-bond donors (Lipinski definition) is 1. The predicted molar refractivity (Wildman–Crippen MR) is 83.3 cm³/mol. The third-order valence-corrected chi connectivity index (χ3v) is 5.47. The topological polar surface area (TPSA) is 15.3 Å². The van der Waals surface area contributed by atoms with E-state index < -0.39 is 0 Å². The summed E-state index contributed by atoms with van der Waals surface area (Å²) in [5.74, 6) is 0. The molecule has 3 atom stereocenters. The highest BCUT2D eigenvalue weighted by molar-refractivity contribution is 9.10. The van der Waals surface area contributed by atoms with E-state index in [1.54, 1.807) is 0 Å². The van der Waals surface area contributed by atoms with E-state index >= 15 is 0 Å². The molecule has 0 aliphatic carbocycles. The van der Waals surface area contributed by atoms with Gasteiger partial charge in [-0.25, -0.2) is 0 Å². The zero-order chi connectivity index (χ0) is 13.4. The molecular weight excluding hydrogens is 300 g/mol. The van der Waals surface area contributed by atoms with Crippen LogP contribution in [0.3, 0.4) is 0 Å². The lowest BCUT2D eigenvalue weighted by Gasteiger charge is -2.42. The van der Waals surface area contributed by atoms with Crippen molar-refractivity contribution in [3.8, 4) is 0 Å². The van der Waals surface area contributed by atoms with Crippen LogP contribution in [0.5, 0.6) is 0 Å². The van der Waals surface area contributed by atoms with Gasteiger partial charge in [-0.2, -0.15) is 0 Å². The molecule has 0 amide bonds. The first-order valence-corrected chi connectivity index (χ1v) is 8.18. The summed E-state index contributed by atoms with van der Waals surface area (Å²) in [5.41, 5.74) is 1.44. The predicted octanol–water partition coefficient (Wildman–Crippen LogP) is 3.72. The molecule has 0 saturated carbocycles. The molecule has 2 nitrogen and oxygen atoms in total. The van der Waals surface area contributed by atoms with Crippen molar-refractivity contribution in [2.45, 2.75) is 56.8 Å². The van der Waals surface area contributed by atoms with Crippen LogP contribution in [0.15, 0.2) is 28.7 Å². The average Bonchev–Trinajstić information content (AvgIpc) is 2.68. The quantitative estimate of drug-likeness (QED) is 0.912. The van der Waals surface area contributed by atoms with E-state index in [2.05, 4.69) is 64.4 Å². The fraction of sp³-hybridized carbons (Fsp3) is 0.625. The van der Waals surface area contributed by atoms with Gasteiger partial charge in [0.15, 0.2) is 0 Å². The maximum absolute atomic E-state index is 3.59. The molecule has 0 aromatic heterocycles. The molecule has 19 heavy (non-hydrogen) atoms. The smallest absolute Gasteiger partial charge is 0.0326 e. The molecular formula is C16H23BrN2. The summed E-state index contributed by atoms with van der Waals surface area (Å²) in [7, 11) is 2.11. The van der Waals surface area contributed by atoms with Crippen molar-refractivity contribution in [3.05, 3.63) is 34.3 Å². The van der Waals surface area contributed by atoms with Gasteiger partial charge in [-0.15, -0.1) is 0 Å². The SMILES string of the molecule is CNC1CC2CCC(C1)N2C(C)c1cccc(Br)c1. The maximum atomic E-state index is 3.59. The van der Waals surface area contributed by atoms with E-state index in [4.69, 9.17) is 0 Å². The maximum Gasteiger partial charge on any atom is 0.0326 e. The van der Waals surface area contributed by atoms with Crippen molar-refractivity contribution in [3.63, 3.8) is 0 Å². The first kappa shape index (κ1) is 13.6. The molecule has 2 bridgehead atoms. The number of halogens is 1. The zero-order valence-electron chi connectivity index (χ0n) is 11.8. The van der Waals surface area contributed by atoms with Crippen LogP contribution in [-0.2, 0) is 0 Å². The second kappa shape index (κ2) is 5.55. The van der Waals surface area contributed by atoms with Crippen molar-refractivity contribution < 1.29 is 0 Å². The second-order valence-corrected chi connectivity index (χ2v) is 6.94. The summed E-state index contributed by atoms with van der Waals surface area (Å²) in [5, 5.41) is 3.48. The van der Waals surface area contributed by atoms with E-state index in [-0.39, 0.29) is 0 Å². The van der Waals surface area contributed by atoms with Gasteiger partial charge < -0.3 is 5.32 Å². The lowest BCUT2D eigenvalue weighted by molar-refractivity contribution is 0.0789. The molecule has 1 N–H and O–H groups in total. The van der Waals surface area contributed by atoms with Gasteiger partial charge in [-0.3, -0.25) is 4.90 Å². The minimum atomic E-state index is 0.535. The van der Waals surface area contributed by atoms with Crippen LogP contribution in [0.1, 0.15) is 44.2 Å². The minimum absolute atomic E-state index is 0.535. The van der Waals surface area contributed by atoms with Crippen LogP contribution in [0, 0.1) is 0 Å². The third-order valence-electron chi connectivity index (χ3n) is 4.98. The molecule has 3 unspecified atom stereocenters. The molecule has 2 heterocycles. The molecule has 2 aliphatic rings. The normalized spacial score (nSPS) is 32.5. The second-order valence-electron chi connectivity index (χ2n) is 6.02. The Morgan fingerprint density at radius 1 is 1.26 bits per heavy atom. The molecule has 1 aromatic rings. The number of piperidine rings is 1. The van der Waals surface area contributed by atoms with Crippen molar-refractivity contribution in [2.24, 2.45) is 0 Å². The summed E-state index contributed by atoms with van der Waals surface area (Å²) >= 11 is 3.59. The Bertz CT molecular complexity index is 434. The number of benzene rings is 1. The van der Waals surface area contributed by atoms with Gasteiger partial charge in [0.1, 0.15) is 0 Å². The van der Waals surface area contributed by atoms with Gasteiger partial charge in [-0.05, 0) is 57.4 Å². The van der Waals surface area contributed by atoms with Gasteiger partial charge >= 0.3 is 0 Å². The van der Waals surface area contributed by atoms with E-state index in [1.807, 2.05) is 0 Å². The number of hydrogen-bond acceptors (Lipinski definition) is 2. The van der Waals surface area contributed by atoms with E-state index in [9.17, 15) is 0 Å². The van der Waals surface area contributed by atoms with Crippen LogP contribution in [0.25, 0.3) is 0 Å². The summed E-state index contributed by atoms with van der Waals surface area (Å²) in [6.45, 7) is 2.37. The molecule has 2 saturated heterocycles. The third kappa shape index (κ3) is 2.61. The van der Waals surface area contributed by atoms with E-state index in [0.29, 0.717) is 6.04 Å². The Kier molecular flexibility index (Phi) is 3.97. The van der Waals surface area contributed by atoms with Gasteiger partial charge in [0.05, 0.1) is 0 Å². The molecule has 1 aromatic carbocycles. The van der Waals surface area contributed by atoms with Crippen molar-refractivity contribution >= 4 is 15.9 Å². The van der Waals surface area contributed by atoms with Gasteiger partial charge in [0, 0.05) is 28.6 Å². The number of fused-ring (bicyclic) bond motifs is 2. The number of nitrogens with one attached hydrogen (secondary N) is 1. The van der Waals surface area contributed by atoms with Gasteiger partial charge in [-0.1, -0.05) is 28.1 Å². The number of nitrogens with zero attached hydrogens (tertiary/aromatic N) is 1. The molecule has 2 aliphatic heterocycles. The molecule has 3 rings (SSSR count). The molecule has 3 heteroatoms. The largest absolute Gasteiger partial charge is 0.317 e. The first-order valence-electron chi connectivity index (χ1n) is 7.39. The highest BCUT2D eigenvalue weighted by atomic mass is 79.9. The Balaban J connectivity index is 1.80. The van der Waals surface area contributed by atoms with Crippen LogP contribution in [0.4, 0.5) is 0 Å². The molecule has 0 spiro atoms. The van der Waals surface area contributed by atoms with Gasteiger partial charge in [0.2, 0.25) is 0 Å². The highest BCUT2D eigenvalue weighted by Gasteiger charge is 2.42. The first-order chi connectivity index (χ1) is 9.19.